The van der Waals surface area contributed by atoms with Crippen LogP contribution >= 0.6 is 23.4 Å². The van der Waals surface area contributed by atoms with E-state index in [1.807, 2.05) is 18.2 Å². The van der Waals surface area contributed by atoms with E-state index in [4.69, 9.17) is 11.6 Å². The molecule has 1 aromatic rings. The number of thioether (sulfide) groups is 1. The Balaban J connectivity index is 2.77. The van der Waals surface area contributed by atoms with Crippen LogP contribution in [0, 0.1) is 0 Å². The first-order chi connectivity index (χ1) is 9.08. The summed E-state index contributed by atoms with van der Waals surface area (Å²) in [5, 5.41) is 4.12. The molecule has 1 N–H and O–H groups in total. The van der Waals surface area contributed by atoms with Crippen LogP contribution < -0.4 is 5.32 Å². The first kappa shape index (κ1) is 17.8. The van der Waals surface area contributed by atoms with E-state index in [0.717, 1.165) is 10.5 Å². The van der Waals surface area contributed by atoms with Crippen LogP contribution in [0.25, 0.3) is 0 Å². The van der Waals surface area contributed by atoms with Gasteiger partial charge in [0.1, 0.15) is 9.84 Å². The van der Waals surface area contributed by atoms with Crippen molar-refractivity contribution in [1.82, 2.24) is 5.32 Å². The Morgan fingerprint density at radius 1 is 1.30 bits per heavy atom. The van der Waals surface area contributed by atoms with Gasteiger partial charge in [0.05, 0.1) is 5.75 Å². The first-order valence-electron chi connectivity index (χ1n) is 6.41. The summed E-state index contributed by atoms with van der Waals surface area (Å²) in [6.45, 7) is 6.96. The summed E-state index contributed by atoms with van der Waals surface area (Å²) in [6, 6.07) is 5.74. The number of sulfone groups is 1. The molecule has 0 spiro atoms. The maximum atomic E-state index is 11.2. The number of nitrogens with one attached hydrogen (secondary N) is 1. The Bertz CT molecular complexity index is 551. The summed E-state index contributed by atoms with van der Waals surface area (Å²) in [5.41, 5.74) is 1.04. The minimum Gasteiger partial charge on any atom is -0.308 e. The van der Waals surface area contributed by atoms with Gasteiger partial charge in [0.25, 0.3) is 0 Å². The largest absolute Gasteiger partial charge is 0.308 e. The molecule has 0 radical (unpaired) electrons. The van der Waals surface area contributed by atoms with Crippen molar-refractivity contribution in [2.75, 3.05) is 17.8 Å². The Labute approximate surface area is 131 Å². The summed E-state index contributed by atoms with van der Waals surface area (Å²) in [7, 11) is -2.92. The van der Waals surface area contributed by atoms with Crippen molar-refractivity contribution in [3.63, 3.8) is 0 Å². The van der Waals surface area contributed by atoms with Gasteiger partial charge >= 0.3 is 0 Å². The van der Waals surface area contributed by atoms with Gasteiger partial charge in [-0.3, -0.25) is 0 Å². The summed E-state index contributed by atoms with van der Waals surface area (Å²) in [6.07, 6.45) is 1.26. The van der Waals surface area contributed by atoms with Crippen molar-refractivity contribution in [2.45, 2.75) is 37.8 Å². The number of hydrogen-bond donors (Lipinski definition) is 1. The molecule has 0 saturated heterocycles. The smallest absolute Gasteiger partial charge is 0.148 e. The predicted octanol–water partition coefficient (Wildman–Crippen LogP) is 3.36. The molecule has 0 bridgehead atoms. The molecular formula is C14H22ClNO2S2. The van der Waals surface area contributed by atoms with Crippen LogP contribution in [-0.2, 0) is 16.4 Å². The van der Waals surface area contributed by atoms with Crippen LogP contribution in [0.2, 0.25) is 5.02 Å². The molecule has 0 unspecified atom stereocenters. The van der Waals surface area contributed by atoms with Gasteiger partial charge in [-0.05, 0) is 38.5 Å². The second-order valence-corrected chi connectivity index (χ2v) is 9.60. The predicted molar refractivity (Wildman–Crippen MR) is 88.5 cm³/mol. The fourth-order valence-electron chi connectivity index (χ4n) is 1.50. The Morgan fingerprint density at radius 2 is 1.95 bits per heavy atom. The number of rotatable bonds is 6. The van der Waals surface area contributed by atoms with Crippen molar-refractivity contribution in [3.8, 4) is 0 Å². The number of hydrogen-bond acceptors (Lipinski definition) is 4. The monoisotopic (exact) mass is 335 g/mol. The highest BCUT2D eigenvalue weighted by Gasteiger charge is 2.13. The lowest BCUT2D eigenvalue weighted by atomic mass is 10.1. The first-order valence-corrected chi connectivity index (χ1v) is 9.84. The summed E-state index contributed by atoms with van der Waals surface area (Å²) in [5.74, 6) is 0.720. The van der Waals surface area contributed by atoms with Crippen LogP contribution in [0.4, 0.5) is 0 Å². The van der Waals surface area contributed by atoms with E-state index in [0.29, 0.717) is 17.3 Å². The summed E-state index contributed by atoms with van der Waals surface area (Å²) < 4.78 is 22.4. The summed E-state index contributed by atoms with van der Waals surface area (Å²) >= 11 is 7.79. The average Bonchev–Trinajstić information content (AvgIpc) is 2.25. The molecule has 3 nitrogen and oxygen atoms in total. The molecule has 0 saturated carbocycles. The van der Waals surface area contributed by atoms with E-state index < -0.39 is 9.84 Å². The van der Waals surface area contributed by atoms with E-state index in [1.54, 1.807) is 0 Å². The Hall–Kier alpha value is -0.230. The topological polar surface area (TPSA) is 46.2 Å². The Morgan fingerprint density at radius 3 is 2.50 bits per heavy atom. The fourth-order valence-corrected chi connectivity index (χ4v) is 4.09. The van der Waals surface area contributed by atoms with Crippen molar-refractivity contribution >= 4 is 33.2 Å². The molecule has 1 rings (SSSR count). The van der Waals surface area contributed by atoms with Crippen LogP contribution in [-0.4, -0.2) is 31.7 Å². The highest BCUT2D eigenvalue weighted by Crippen LogP contribution is 2.29. The van der Waals surface area contributed by atoms with Crippen LogP contribution in [0.1, 0.15) is 26.3 Å². The van der Waals surface area contributed by atoms with Gasteiger partial charge in [-0.15, -0.1) is 11.8 Å². The lowest BCUT2D eigenvalue weighted by Gasteiger charge is -2.22. The zero-order valence-corrected chi connectivity index (χ0v) is 14.8. The van der Waals surface area contributed by atoms with E-state index >= 15 is 0 Å². The van der Waals surface area contributed by atoms with Gasteiger partial charge in [-0.1, -0.05) is 17.7 Å². The van der Waals surface area contributed by atoms with Crippen LogP contribution in [0.3, 0.4) is 0 Å². The quantitative estimate of drug-likeness (QED) is 0.810. The molecule has 20 heavy (non-hydrogen) atoms. The maximum Gasteiger partial charge on any atom is 0.148 e. The second-order valence-electron chi connectivity index (χ2n) is 5.80. The minimum atomic E-state index is -2.92. The zero-order chi connectivity index (χ0) is 15.4. The molecule has 0 heterocycles. The molecule has 0 aliphatic heterocycles. The molecule has 0 aliphatic carbocycles. The highest BCUT2D eigenvalue weighted by atomic mass is 35.5. The lowest BCUT2D eigenvalue weighted by molar-refractivity contribution is 0.422. The third kappa shape index (κ3) is 6.97. The van der Waals surface area contributed by atoms with E-state index in [9.17, 15) is 8.42 Å². The van der Waals surface area contributed by atoms with Gasteiger partial charge in [0, 0.05) is 34.0 Å². The van der Waals surface area contributed by atoms with E-state index in [2.05, 4.69) is 26.1 Å². The van der Waals surface area contributed by atoms with Crippen molar-refractivity contribution in [2.24, 2.45) is 0 Å². The van der Waals surface area contributed by atoms with E-state index in [1.165, 1.54) is 18.0 Å². The van der Waals surface area contributed by atoms with Gasteiger partial charge in [0.15, 0.2) is 0 Å². The van der Waals surface area contributed by atoms with Gasteiger partial charge in [-0.2, -0.15) is 0 Å². The Kier molecular flexibility index (Phi) is 6.38. The zero-order valence-electron chi connectivity index (χ0n) is 12.4. The number of halogens is 1. The third-order valence-electron chi connectivity index (χ3n) is 2.58. The van der Waals surface area contributed by atoms with Crippen LogP contribution in [0.15, 0.2) is 23.1 Å². The fraction of sp³-hybridized carbons (Fsp3) is 0.571. The summed E-state index contributed by atoms with van der Waals surface area (Å²) in [4.78, 5) is 1.04. The molecule has 0 amide bonds. The van der Waals surface area contributed by atoms with Crippen molar-refractivity contribution in [3.05, 3.63) is 28.8 Å². The number of benzene rings is 1. The van der Waals surface area contributed by atoms with Crippen molar-refractivity contribution in [1.29, 1.82) is 0 Å². The third-order valence-corrected chi connectivity index (χ3v) is 5.24. The second kappa shape index (κ2) is 7.16. The molecule has 0 atom stereocenters. The minimum absolute atomic E-state index is 0.00780. The van der Waals surface area contributed by atoms with Gasteiger partial charge in [-0.25, -0.2) is 8.42 Å². The van der Waals surface area contributed by atoms with Gasteiger partial charge < -0.3 is 5.32 Å². The molecule has 0 aromatic heterocycles. The molecule has 1 aromatic carbocycles. The molecule has 0 aliphatic rings. The van der Waals surface area contributed by atoms with Gasteiger partial charge in [0.2, 0.25) is 0 Å². The average molecular weight is 336 g/mol. The molecule has 114 valence electrons. The molecule has 6 heteroatoms. The molecular weight excluding hydrogens is 314 g/mol. The maximum absolute atomic E-state index is 11.2. The SMILES string of the molecule is CC(C)(C)NCc1c(Cl)cccc1SCCS(C)(=O)=O. The van der Waals surface area contributed by atoms with Crippen LogP contribution in [0.5, 0.6) is 0 Å². The standard InChI is InChI=1S/C14H22ClNO2S2/c1-14(2,3)16-10-11-12(15)6-5-7-13(11)19-8-9-20(4,17)18/h5-7,16H,8-10H2,1-4H3. The highest BCUT2D eigenvalue weighted by molar-refractivity contribution is 8.00. The van der Waals surface area contributed by atoms with Crippen molar-refractivity contribution < 1.29 is 8.42 Å². The lowest BCUT2D eigenvalue weighted by Crippen LogP contribution is -2.35. The normalized spacial score (nSPS) is 12.7. The molecule has 0 fully saturated rings. The van der Waals surface area contributed by atoms with E-state index in [-0.39, 0.29) is 11.3 Å².